The molecule has 2 unspecified atom stereocenters. The summed E-state index contributed by atoms with van der Waals surface area (Å²) >= 11 is 0. The first kappa shape index (κ1) is 9.30. The van der Waals surface area contributed by atoms with Gasteiger partial charge in [0, 0.05) is 31.5 Å². The highest BCUT2D eigenvalue weighted by atomic mass is 16.5. The van der Waals surface area contributed by atoms with Crippen LogP contribution in [0.1, 0.15) is 30.4 Å². The fraction of sp³-hybridized carbons (Fsp3) is 0.800. The van der Waals surface area contributed by atoms with E-state index in [9.17, 15) is 0 Å². The number of aromatic nitrogens is 3. The number of nitrogens with zero attached hydrogens (tertiary/aromatic N) is 3. The van der Waals surface area contributed by atoms with Crippen LogP contribution in [0.4, 0.5) is 0 Å². The molecule has 15 heavy (non-hydrogen) atoms. The fourth-order valence-corrected chi connectivity index (χ4v) is 2.42. The van der Waals surface area contributed by atoms with Crippen LogP contribution in [0.2, 0.25) is 0 Å². The van der Waals surface area contributed by atoms with E-state index < -0.39 is 0 Å². The average Bonchev–Trinajstić information content (AvgIpc) is 2.82. The second-order valence-corrected chi connectivity index (χ2v) is 4.44. The maximum Gasteiger partial charge on any atom is 0.138 e. The van der Waals surface area contributed by atoms with Crippen molar-refractivity contribution in [3.8, 4) is 0 Å². The van der Waals surface area contributed by atoms with Crippen LogP contribution >= 0.6 is 0 Å². The maximum absolute atomic E-state index is 5.91. The summed E-state index contributed by atoms with van der Waals surface area (Å²) in [4.78, 5) is 0. The lowest BCUT2D eigenvalue weighted by Gasteiger charge is -2.21. The lowest BCUT2D eigenvalue weighted by molar-refractivity contribution is 0.192. The fourth-order valence-electron chi connectivity index (χ4n) is 2.42. The molecule has 2 atom stereocenters. The molecule has 3 rings (SSSR count). The molecule has 1 fully saturated rings. The monoisotopic (exact) mass is 208 g/mol. The molecule has 0 aromatic carbocycles. The summed E-state index contributed by atoms with van der Waals surface area (Å²) in [6, 6.07) is 0.259. The number of hydrogen-bond donors (Lipinski definition) is 1. The van der Waals surface area contributed by atoms with Crippen molar-refractivity contribution in [1.82, 2.24) is 14.8 Å². The minimum absolute atomic E-state index is 0.259. The molecule has 2 aliphatic heterocycles. The zero-order valence-electron chi connectivity index (χ0n) is 8.72. The Kier molecular flexibility index (Phi) is 2.21. The first-order chi connectivity index (χ1) is 7.34. The van der Waals surface area contributed by atoms with Gasteiger partial charge in [0.1, 0.15) is 11.6 Å². The normalized spacial score (nSPS) is 30.5. The molecule has 3 heterocycles. The number of nitrogens with two attached hydrogens (primary N) is 1. The highest BCUT2D eigenvalue weighted by Crippen LogP contribution is 2.26. The minimum Gasteiger partial charge on any atom is -0.381 e. The van der Waals surface area contributed by atoms with Crippen molar-refractivity contribution in [2.75, 3.05) is 13.2 Å². The third kappa shape index (κ3) is 1.55. The number of ether oxygens (including phenoxy) is 1. The van der Waals surface area contributed by atoms with Gasteiger partial charge in [0.2, 0.25) is 0 Å². The van der Waals surface area contributed by atoms with Gasteiger partial charge < -0.3 is 15.0 Å². The third-order valence-electron chi connectivity index (χ3n) is 3.32. The first-order valence-corrected chi connectivity index (χ1v) is 5.60. The van der Waals surface area contributed by atoms with Crippen molar-refractivity contribution in [2.45, 2.75) is 37.8 Å². The second kappa shape index (κ2) is 3.57. The van der Waals surface area contributed by atoms with E-state index in [1.165, 1.54) is 0 Å². The van der Waals surface area contributed by atoms with Crippen LogP contribution in [0, 0.1) is 0 Å². The molecule has 82 valence electrons. The number of hydrogen-bond acceptors (Lipinski definition) is 4. The minimum atomic E-state index is 0.259. The number of fused-ring (bicyclic) bond motifs is 1. The highest BCUT2D eigenvalue weighted by molar-refractivity contribution is 5.07. The molecule has 2 N–H and O–H groups in total. The molecule has 0 radical (unpaired) electrons. The molecule has 1 aromatic rings. The largest absolute Gasteiger partial charge is 0.381 e. The van der Waals surface area contributed by atoms with Gasteiger partial charge in [-0.3, -0.25) is 0 Å². The van der Waals surface area contributed by atoms with Gasteiger partial charge in [-0.2, -0.15) is 0 Å². The Bertz CT molecular complexity index is 356. The van der Waals surface area contributed by atoms with Crippen molar-refractivity contribution in [3.63, 3.8) is 0 Å². The SMILES string of the molecule is NC1CCn2c(nnc2C2CCOC2)C1. The van der Waals surface area contributed by atoms with Crippen LogP contribution in [0.15, 0.2) is 0 Å². The van der Waals surface area contributed by atoms with Crippen LogP contribution in [0.5, 0.6) is 0 Å². The van der Waals surface area contributed by atoms with Crippen molar-refractivity contribution in [3.05, 3.63) is 11.6 Å². The van der Waals surface area contributed by atoms with Gasteiger partial charge in [0.15, 0.2) is 0 Å². The van der Waals surface area contributed by atoms with Crippen LogP contribution in [0.25, 0.3) is 0 Å². The zero-order chi connectivity index (χ0) is 10.3. The van der Waals surface area contributed by atoms with Crippen molar-refractivity contribution < 1.29 is 4.74 Å². The van der Waals surface area contributed by atoms with Gasteiger partial charge in [-0.05, 0) is 12.8 Å². The predicted molar refractivity (Wildman–Crippen MR) is 54.5 cm³/mol. The quantitative estimate of drug-likeness (QED) is 0.708. The van der Waals surface area contributed by atoms with E-state index in [2.05, 4.69) is 14.8 Å². The summed E-state index contributed by atoms with van der Waals surface area (Å²) in [5, 5.41) is 8.52. The number of rotatable bonds is 1. The Morgan fingerprint density at radius 3 is 3.07 bits per heavy atom. The van der Waals surface area contributed by atoms with Gasteiger partial charge in [0.05, 0.1) is 6.61 Å². The molecule has 5 nitrogen and oxygen atoms in total. The summed E-state index contributed by atoms with van der Waals surface area (Å²) in [5.41, 5.74) is 5.91. The predicted octanol–water partition coefficient (Wildman–Crippen LogP) is 0.0555. The Morgan fingerprint density at radius 2 is 2.27 bits per heavy atom. The molecule has 2 aliphatic rings. The summed E-state index contributed by atoms with van der Waals surface area (Å²) in [7, 11) is 0. The Hall–Kier alpha value is -0.940. The molecule has 5 heteroatoms. The van der Waals surface area contributed by atoms with Crippen molar-refractivity contribution in [2.24, 2.45) is 5.73 Å². The highest BCUT2D eigenvalue weighted by Gasteiger charge is 2.27. The van der Waals surface area contributed by atoms with Crippen LogP contribution < -0.4 is 5.73 Å². The third-order valence-corrected chi connectivity index (χ3v) is 3.32. The van der Waals surface area contributed by atoms with E-state index in [1.54, 1.807) is 0 Å². The van der Waals surface area contributed by atoms with Crippen LogP contribution in [0.3, 0.4) is 0 Å². The van der Waals surface area contributed by atoms with Gasteiger partial charge in [-0.15, -0.1) is 10.2 Å². The summed E-state index contributed by atoms with van der Waals surface area (Å²) < 4.78 is 7.63. The van der Waals surface area contributed by atoms with E-state index in [0.717, 1.165) is 50.7 Å². The van der Waals surface area contributed by atoms with Gasteiger partial charge in [-0.25, -0.2) is 0 Å². The molecule has 0 aliphatic carbocycles. The standard InChI is InChI=1S/C10H16N4O/c11-8-1-3-14-9(5-8)12-13-10(14)7-2-4-15-6-7/h7-8H,1-6,11H2. The van der Waals surface area contributed by atoms with Crippen molar-refractivity contribution in [1.29, 1.82) is 0 Å². The topological polar surface area (TPSA) is 66.0 Å². The van der Waals surface area contributed by atoms with Gasteiger partial charge in [-0.1, -0.05) is 0 Å². The molecular formula is C10H16N4O. The molecule has 0 spiro atoms. The van der Waals surface area contributed by atoms with Crippen LogP contribution in [-0.4, -0.2) is 34.0 Å². The second-order valence-electron chi connectivity index (χ2n) is 4.44. The summed E-state index contributed by atoms with van der Waals surface area (Å²) in [6.07, 6.45) is 2.97. The Balaban J connectivity index is 1.90. The molecule has 0 saturated carbocycles. The molecule has 1 aromatic heterocycles. The van der Waals surface area contributed by atoms with Gasteiger partial charge in [0.25, 0.3) is 0 Å². The molecular weight excluding hydrogens is 192 g/mol. The van der Waals surface area contributed by atoms with E-state index in [0.29, 0.717) is 5.92 Å². The Labute approximate surface area is 88.6 Å². The zero-order valence-corrected chi connectivity index (χ0v) is 8.72. The van der Waals surface area contributed by atoms with E-state index in [1.807, 2.05) is 0 Å². The molecule has 0 amide bonds. The van der Waals surface area contributed by atoms with Crippen molar-refractivity contribution >= 4 is 0 Å². The smallest absolute Gasteiger partial charge is 0.138 e. The lowest BCUT2D eigenvalue weighted by atomic mass is 10.1. The maximum atomic E-state index is 5.91. The summed E-state index contributed by atoms with van der Waals surface area (Å²) in [6.45, 7) is 2.62. The van der Waals surface area contributed by atoms with E-state index >= 15 is 0 Å². The lowest BCUT2D eigenvalue weighted by Crippen LogP contribution is -2.31. The van der Waals surface area contributed by atoms with E-state index in [4.69, 9.17) is 10.5 Å². The van der Waals surface area contributed by atoms with Gasteiger partial charge >= 0.3 is 0 Å². The Morgan fingerprint density at radius 1 is 1.33 bits per heavy atom. The molecule has 0 bridgehead atoms. The van der Waals surface area contributed by atoms with E-state index in [-0.39, 0.29) is 6.04 Å². The average molecular weight is 208 g/mol. The van der Waals surface area contributed by atoms with Crippen LogP contribution in [-0.2, 0) is 17.7 Å². The summed E-state index contributed by atoms with van der Waals surface area (Å²) in [5.74, 6) is 2.60. The first-order valence-electron chi connectivity index (χ1n) is 5.60. The molecule has 1 saturated heterocycles.